The van der Waals surface area contributed by atoms with E-state index in [9.17, 15) is 4.79 Å². The second-order valence-electron chi connectivity index (χ2n) is 7.42. The number of rotatable bonds is 6. The predicted molar refractivity (Wildman–Crippen MR) is 112 cm³/mol. The molecular weight excluding hydrogens is 394 g/mol. The fourth-order valence-corrected chi connectivity index (χ4v) is 3.82. The summed E-state index contributed by atoms with van der Waals surface area (Å²) in [5.74, 6) is 0.911. The van der Waals surface area contributed by atoms with Crippen LogP contribution in [0.1, 0.15) is 46.3 Å². The van der Waals surface area contributed by atoms with Gasteiger partial charge in [-0.1, -0.05) is 29.4 Å². The van der Waals surface area contributed by atoms with Gasteiger partial charge in [-0.15, -0.1) is 0 Å². The van der Waals surface area contributed by atoms with Gasteiger partial charge in [-0.3, -0.25) is 4.79 Å². The molecule has 1 N–H and O–H groups in total. The molecule has 8 heteroatoms. The lowest BCUT2D eigenvalue weighted by Gasteiger charge is -2.25. The number of nitrogens with one attached hydrogen (secondary N) is 1. The number of nitrogens with zero attached hydrogens (tertiary/aromatic N) is 4. The lowest BCUT2D eigenvalue weighted by molar-refractivity contribution is 0.0923. The first-order valence-electron chi connectivity index (χ1n) is 10.2. The van der Waals surface area contributed by atoms with Crippen molar-refractivity contribution in [2.24, 2.45) is 0 Å². The van der Waals surface area contributed by atoms with Crippen LogP contribution in [0.3, 0.4) is 0 Å². The van der Waals surface area contributed by atoms with Crippen LogP contribution in [0.4, 0.5) is 0 Å². The molecule has 8 nitrogen and oxygen atoms in total. The molecule has 1 aliphatic carbocycles. The number of ether oxygens (including phenoxy) is 1. The van der Waals surface area contributed by atoms with Crippen molar-refractivity contribution in [3.05, 3.63) is 89.8 Å². The zero-order valence-electron chi connectivity index (χ0n) is 16.8. The molecule has 0 saturated carbocycles. The first-order chi connectivity index (χ1) is 15.3. The molecule has 1 aliphatic rings. The summed E-state index contributed by atoms with van der Waals surface area (Å²) >= 11 is 0. The van der Waals surface area contributed by atoms with Gasteiger partial charge >= 0.3 is 0 Å². The average Bonchev–Trinajstić information content (AvgIpc) is 3.51. The standard InChI is InChI=1S/C23H21N5O3/c29-23(26-21-7-3-5-16-4-1-2-6-20(16)21)22-12-19(31-27-22)13-30-18-10-8-17(9-11-18)28-15-24-14-25-28/h1-2,4,6,8-12,14-15,21H,3,5,7,13H2,(H,26,29). The maximum absolute atomic E-state index is 12.7. The van der Waals surface area contributed by atoms with Crippen molar-refractivity contribution in [3.63, 3.8) is 0 Å². The van der Waals surface area contributed by atoms with E-state index in [1.165, 1.54) is 17.5 Å². The van der Waals surface area contributed by atoms with Crippen molar-refractivity contribution in [1.82, 2.24) is 25.2 Å². The minimum absolute atomic E-state index is 0.00245. The van der Waals surface area contributed by atoms with Crippen LogP contribution < -0.4 is 10.1 Å². The van der Waals surface area contributed by atoms with Crippen LogP contribution in [-0.2, 0) is 13.0 Å². The van der Waals surface area contributed by atoms with Gasteiger partial charge in [0.25, 0.3) is 5.91 Å². The quantitative estimate of drug-likeness (QED) is 0.517. The van der Waals surface area contributed by atoms with Gasteiger partial charge in [0.2, 0.25) is 0 Å². The van der Waals surface area contributed by atoms with Crippen LogP contribution in [0.5, 0.6) is 5.75 Å². The Kier molecular flexibility index (Phi) is 5.18. The second kappa shape index (κ2) is 8.43. The van der Waals surface area contributed by atoms with E-state index in [1.807, 2.05) is 36.4 Å². The summed E-state index contributed by atoms with van der Waals surface area (Å²) in [6, 6.07) is 17.3. The van der Waals surface area contributed by atoms with Gasteiger partial charge in [0.15, 0.2) is 11.5 Å². The van der Waals surface area contributed by atoms with Crippen LogP contribution in [0.25, 0.3) is 5.69 Å². The Morgan fingerprint density at radius 2 is 2.06 bits per heavy atom. The summed E-state index contributed by atoms with van der Waals surface area (Å²) in [7, 11) is 0. The highest BCUT2D eigenvalue weighted by atomic mass is 16.5. The van der Waals surface area contributed by atoms with Crippen molar-refractivity contribution in [1.29, 1.82) is 0 Å². The predicted octanol–water partition coefficient (Wildman–Crippen LogP) is 3.64. The first kappa shape index (κ1) is 19.0. The largest absolute Gasteiger partial charge is 0.486 e. The van der Waals surface area contributed by atoms with Gasteiger partial charge in [-0.25, -0.2) is 9.67 Å². The number of aryl methyl sites for hydroxylation is 1. The number of aromatic nitrogens is 4. The third-order valence-corrected chi connectivity index (χ3v) is 5.37. The highest BCUT2D eigenvalue weighted by Crippen LogP contribution is 2.29. The average molecular weight is 415 g/mol. The molecular formula is C23H21N5O3. The Morgan fingerprint density at radius 3 is 2.90 bits per heavy atom. The van der Waals surface area contributed by atoms with Crippen molar-refractivity contribution in [2.75, 3.05) is 0 Å². The molecule has 0 fully saturated rings. The lowest BCUT2D eigenvalue weighted by Crippen LogP contribution is -2.31. The summed E-state index contributed by atoms with van der Waals surface area (Å²) in [6.07, 6.45) is 6.13. The molecule has 0 saturated heterocycles. The second-order valence-corrected chi connectivity index (χ2v) is 7.42. The molecule has 0 bridgehead atoms. The smallest absolute Gasteiger partial charge is 0.273 e. The topological polar surface area (TPSA) is 95.1 Å². The van der Waals surface area contributed by atoms with Gasteiger partial charge in [-0.2, -0.15) is 5.10 Å². The number of fused-ring (bicyclic) bond motifs is 1. The molecule has 156 valence electrons. The number of hydrogen-bond donors (Lipinski definition) is 1. The number of carbonyl (C=O) groups excluding carboxylic acids is 1. The van der Waals surface area contributed by atoms with E-state index in [1.54, 1.807) is 17.1 Å². The Balaban J connectivity index is 1.19. The fourth-order valence-electron chi connectivity index (χ4n) is 3.82. The van der Waals surface area contributed by atoms with E-state index < -0.39 is 0 Å². The minimum atomic E-state index is -0.242. The molecule has 0 spiro atoms. The molecule has 5 rings (SSSR count). The van der Waals surface area contributed by atoms with Crippen molar-refractivity contribution in [2.45, 2.75) is 31.9 Å². The third kappa shape index (κ3) is 4.18. The molecule has 1 amide bonds. The molecule has 1 unspecified atom stereocenters. The van der Waals surface area contributed by atoms with Crippen molar-refractivity contribution >= 4 is 5.91 Å². The zero-order chi connectivity index (χ0) is 21.0. The maximum Gasteiger partial charge on any atom is 0.273 e. The zero-order valence-corrected chi connectivity index (χ0v) is 16.8. The van der Waals surface area contributed by atoms with E-state index in [0.29, 0.717) is 11.5 Å². The summed E-state index contributed by atoms with van der Waals surface area (Å²) in [5.41, 5.74) is 3.61. The summed E-state index contributed by atoms with van der Waals surface area (Å²) < 4.78 is 12.7. The highest BCUT2D eigenvalue weighted by molar-refractivity contribution is 5.92. The molecule has 0 radical (unpaired) electrons. The molecule has 0 aliphatic heterocycles. The molecule has 31 heavy (non-hydrogen) atoms. The first-order valence-corrected chi connectivity index (χ1v) is 10.2. The Bertz CT molecular complexity index is 1170. The van der Waals surface area contributed by atoms with E-state index in [0.717, 1.165) is 24.9 Å². The Labute approximate surface area is 178 Å². The Morgan fingerprint density at radius 1 is 1.19 bits per heavy atom. The minimum Gasteiger partial charge on any atom is -0.486 e. The third-order valence-electron chi connectivity index (χ3n) is 5.37. The normalized spacial score (nSPS) is 15.3. The summed E-state index contributed by atoms with van der Waals surface area (Å²) in [4.78, 5) is 16.6. The summed E-state index contributed by atoms with van der Waals surface area (Å²) in [6.45, 7) is 0.176. The van der Waals surface area contributed by atoms with Crippen molar-refractivity contribution in [3.8, 4) is 11.4 Å². The molecule has 2 aromatic carbocycles. The van der Waals surface area contributed by atoms with Gasteiger partial charge < -0.3 is 14.6 Å². The van der Waals surface area contributed by atoms with Crippen LogP contribution in [0.2, 0.25) is 0 Å². The van der Waals surface area contributed by atoms with E-state index in [2.05, 4.69) is 32.7 Å². The van der Waals surface area contributed by atoms with Crippen LogP contribution in [0.15, 0.2) is 71.8 Å². The van der Waals surface area contributed by atoms with Crippen molar-refractivity contribution < 1.29 is 14.1 Å². The van der Waals surface area contributed by atoms with Crippen LogP contribution >= 0.6 is 0 Å². The fraction of sp³-hybridized carbons (Fsp3) is 0.217. The SMILES string of the molecule is O=C(NC1CCCc2ccccc21)c1cc(COc2ccc(-n3cncn3)cc2)on1. The Hall–Kier alpha value is -3.94. The van der Waals surface area contributed by atoms with Gasteiger partial charge in [0.1, 0.15) is 25.0 Å². The van der Waals surface area contributed by atoms with Crippen LogP contribution in [0, 0.1) is 0 Å². The van der Waals surface area contributed by atoms with E-state index >= 15 is 0 Å². The van der Waals surface area contributed by atoms with Crippen LogP contribution in [-0.4, -0.2) is 25.8 Å². The lowest BCUT2D eigenvalue weighted by atomic mass is 9.88. The van der Waals surface area contributed by atoms with Gasteiger partial charge in [0.05, 0.1) is 11.7 Å². The number of carbonyl (C=O) groups is 1. The summed E-state index contributed by atoms with van der Waals surface area (Å²) in [5, 5.41) is 11.1. The van der Waals surface area contributed by atoms with E-state index in [4.69, 9.17) is 9.26 Å². The number of hydrogen-bond acceptors (Lipinski definition) is 6. The molecule has 1 atom stereocenters. The molecule has 2 heterocycles. The monoisotopic (exact) mass is 415 g/mol. The number of amides is 1. The maximum atomic E-state index is 12.7. The highest BCUT2D eigenvalue weighted by Gasteiger charge is 2.23. The van der Waals surface area contributed by atoms with E-state index in [-0.39, 0.29) is 24.2 Å². The van der Waals surface area contributed by atoms with Gasteiger partial charge in [0, 0.05) is 6.07 Å². The number of benzene rings is 2. The van der Waals surface area contributed by atoms with Gasteiger partial charge in [-0.05, 0) is 54.7 Å². The molecule has 2 aromatic heterocycles. The molecule has 4 aromatic rings.